The van der Waals surface area contributed by atoms with Crippen LogP contribution >= 0.6 is 11.3 Å². The molecule has 0 aliphatic carbocycles. The van der Waals surface area contributed by atoms with Gasteiger partial charge in [0.15, 0.2) is 11.6 Å². The lowest BCUT2D eigenvalue weighted by Crippen LogP contribution is -1.97. The molecule has 10 aromatic rings. The maximum Gasteiger partial charge on any atom is 0.159 e. The van der Waals surface area contributed by atoms with Gasteiger partial charge in [-0.3, -0.25) is 4.57 Å². The van der Waals surface area contributed by atoms with Gasteiger partial charge in [0.2, 0.25) is 0 Å². The zero-order valence-corrected chi connectivity index (χ0v) is 26.8. The third kappa shape index (κ3) is 4.38. The van der Waals surface area contributed by atoms with E-state index in [0.717, 1.165) is 76.0 Å². The molecule has 8 heteroatoms. The normalized spacial score (nSPS) is 11.7. The minimum absolute atomic E-state index is 0.699. The summed E-state index contributed by atoms with van der Waals surface area (Å²) in [6.45, 7) is 0. The van der Waals surface area contributed by atoms with Crippen molar-refractivity contribution in [2.24, 2.45) is 0 Å². The number of benzene rings is 5. The summed E-state index contributed by atoms with van der Waals surface area (Å²) in [5, 5.41) is 6.56. The fourth-order valence-electron chi connectivity index (χ4n) is 6.93. The number of nitrogens with zero attached hydrogens (tertiary/aromatic N) is 7. The number of hydrogen-bond acceptors (Lipinski definition) is 6. The highest BCUT2D eigenvalue weighted by molar-refractivity contribution is 7.17. The second-order valence-electron chi connectivity index (χ2n) is 11.8. The fraction of sp³-hybridized carbons (Fsp3) is 0. The van der Waals surface area contributed by atoms with Crippen LogP contribution in [0.15, 0.2) is 152 Å². The first-order chi connectivity index (χ1) is 24.3. The van der Waals surface area contributed by atoms with Gasteiger partial charge in [0.05, 0.1) is 28.3 Å². The Bertz CT molecular complexity index is 2810. The van der Waals surface area contributed by atoms with Crippen molar-refractivity contribution in [1.82, 2.24) is 34.1 Å². The van der Waals surface area contributed by atoms with Gasteiger partial charge in [0.25, 0.3) is 0 Å². The Balaban J connectivity index is 1.35. The molecule has 0 bridgehead atoms. The Hall–Kier alpha value is -6.51. The van der Waals surface area contributed by atoms with Gasteiger partial charge in [-0.25, -0.2) is 24.9 Å². The highest BCUT2D eigenvalue weighted by atomic mass is 32.1. The number of fused-ring (bicyclic) bond motifs is 7. The summed E-state index contributed by atoms with van der Waals surface area (Å²) in [7, 11) is 0. The molecule has 0 N–H and O–H groups in total. The molecule has 5 aromatic carbocycles. The predicted molar refractivity (Wildman–Crippen MR) is 198 cm³/mol. The van der Waals surface area contributed by atoms with Crippen molar-refractivity contribution in [2.75, 3.05) is 0 Å². The average molecular weight is 648 g/mol. The lowest BCUT2D eigenvalue weighted by molar-refractivity contribution is 1.16. The van der Waals surface area contributed by atoms with Gasteiger partial charge < -0.3 is 4.57 Å². The molecule has 0 unspecified atom stereocenters. The van der Waals surface area contributed by atoms with E-state index in [4.69, 9.17) is 4.98 Å². The van der Waals surface area contributed by atoms with Crippen LogP contribution in [-0.4, -0.2) is 34.1 Å². The minimum atomic E-state index is 0.699. The molecule has 230 valence electrons. The number of thiazole rings is 1. The smallest absolute Gasteiger partial charge is 0.159 e. The molecule has 0 fully saturated rings. The lowest BCUT2D eigenvalue weighted by atomic mass is 10.1. The van der Waals surface area contributed by atoms with E-state index in [9.17, 15) is 0 Å². The topological polar surface area (TPSA) is 74.3 Å². The summed E-state index contributed by atoms with van der Waals surface area (Å²) in [6, 6.07) is 42.2. The van der Waals surface area contributed by atoms with Crippen molar-refractivity contribution < 1.29 is 0 Å². The molecule has 0 aliphatic heterocycles. The molecule has 0 atom stereocenters. The summed E-state index contributed by atoms with van der Waals surface area (Å²) >= 11 is 1.69. The van der Waals surface area contributed by atoms with Crippen LogP contribution in [0.25, 0.3) is 87.6 Å². The van der Waals surface area contributed by atoms with Crippen molar-refractivity contribution in [2.45, 2.75) is 0 Å². The summed E-state index contributed by atoms with van der Waals surface area (Å²) in [5.41, 5.74) is 8.56. The Labute approximate surface area is 284 Å². The van der Waals surface area contributed by atoms with Crippen molar-refractivity contribution >= 4 is 54.9 Å². The van der Waals surface area contributed by atoms with Crippen LogP contribution in [0.4, 0.5) is 0 Å². The highest BCUT2D eigenvalue weighted by Crippen LogP contribution is 2.44. The Morgan fingerprint density at radius 3 is 1.55 bits per heavy atom. The fourth-order valence-corrected chi connectivity index (χ4v) is 7.88. The van der Waals surface area contributed by atoms with Crippen LogP contribution in [-0.2, 0) is 0 Å². The standard InChI is InChI=1S/C41H25N7S/c1-3-9-26(10-4-1)41-46-25-36(49-41)48-35-18-14-28(40-44-21-8-22-45-40)24-33(35)31-16-15-30-32-23-27(39-42-19-7-20-43-39)13-17-34(32)47(37(30)38(31)48)29-11-5-2-6-12-29/h1-25H. The maximum atomic E-state index is 4.93. The van der Waals surface area contributed by atoms with Gasteiger partial charge in [-0.2, -0.15) is 0 Å². The van der Waals surface area contributed by atoms with Gasteiger partial charge in [0.1, 0.15) is 10.0 Å². The van der Waals surface area contributed by atoms with Gasteiger partial charge in [-0.05, 0) is 60.7 Å². The van der Waals surface area contributed by atoms with Gasteiger partial charge in [-0.1, -0.05) is 72.0 Å². The minimum Gasteiger partial charge on any atom is -0.307 e. The molecule has 0 amide bonds. The Kier molecular flexibility index (Phi) is 6.22. The molecule has 5 aromatic heterocycles. The molecule has 10 rings (SSSR count). The number of aromatic nitrogens is 7. The first-order valence-electron chi connectivity index (χ1n) is 16.0. The summed E-state index contributed by atoms with van der Waals surface area (Å²) in [4.78, 5) is 23.2. The first kappa shape index (κ1) is 27.6. The van der Waals surface area contributed by atoms with E-state index in [2.05, 4.69) is 132 Å². The third-order valence-electron chi connectivity index (χ3n) is 9.05. The van der Waals surface area contributed by atoms with E-state index >= 15 is 0 Å². The van der Waals surface area contributed by atoms with Gasteiger partial charge in [-0.15, -0.1) is 0 Å². The average Bonchev–Trinajstić information content (AvgIpc) is 3.88. The van der Waals surface area contributed by atoms with Crippen LogP contribution in [0.5, 0.6) is 0 Å². The van der Waals surface area contributed by atoms with Gasteiger partial charge >= 0.3 is 0 Å². The Morgan fingerprint density at radius 1 is 0.429 bits per heavy atom. The zero-order chi connectivity index (χ0) is 32.3. The summed E-state index contributed by atoms with van der Waals surface area (Å²) < 4.78 is 4.77. The number of para-hydroxylation sites is 1. The lowest BCUT2D eigenvalue weighted by Gasteiger charge is -2.11. The van der Waals surface area contributed by atoms with Crippen molar-refractivity contribution in [3.05, 3.63) is 152 Å². The molecule has 0 aliphatic rings. The molecule has 0 saturated carbocycles. The SMILES string of the molecule is c1ccc(-c2ncc(-n3c4ccc(-c5ncccn5)cc4c4ccc5c6cc(-c7ncccn7)ccc6n(-c6ccccc6)c5c43)s2)cc1. The summed E-state index contributed by atoms with van der Waals surface area (Å²) in [5.74, 6) is 1.40. The molecule has 7 nitrogen and oxygen atoms in total. The van der Waals surface area contributed by atoms with Crippen LogP contribution < -0.4 is 0 Å². The second-order valence-corrected chi connectivity index (χ2v) is 12.9. The van der Waals surface area contributed by atoms with E-state index in [-0.39, 0.29) is 0 Å². The molecule has 0 spiro atoms. The zero-order valence-electron chi connectivity index (χ0n) is 26.0. The summed E-state index contributed by atoms with van der Waals surface area (Å²) in [6.07, 6.45) is 9.15. The Morgan fingerprint density at radius 2 is 0.959 bits per heavy atom. The van der Waals surface area contributed by atoms with E-state index in [0.29, 0.717) is 11.6 Å². The van der Waals surface area contributed by atoms with E-state index in [1.54, 1.807) is 36.1 Å². The monoisotopic (exact) mass is 647 g/mol. The second kappa shape index (κ2) is 11.0. The predicted octanol–water partition coefficient (Wildman–Crippen LogP) is 9.92. The van der Waals surface area contributed by atoms with Crippen LogP contribution in [0.2, 0.25) is 0 Å². The van der Waals surface area contributed by atoms with Crippen LogP contribution in [0, 0.1) is 0 Å². The molecule has 0 saturated heterocycles. The van der Waals surface area contributed by atoms with Crippen molar-refractivity contribution in [3.63, 3.8) is 0 Å². The maximum absolute atomic E-state index is 4.93. The first-order valence-corrected chi connectivity index (χ1v) is 16.8. The largest absolute Gasteiger partial charge is 0.307 e. The van der Waals surface area contributed by atoms with Gasteiger partial charge in [0, 0.05) is 68.7 Å². The number of hydrogen-bond donors (Lipinski definition) is 0. The van der Waals surface area contributed by atoms with Crippen LogP contribution in [0.3, 0.4) is 0 Å². The molecule has 5 heterocycles. The van der Waals surface area contributed by atoms with Crippen LogP contribution in [0.1, 0.15) is 0 Å². The van der Waals surface area contributed by atoms with Crippen molar-refractivity contribution in [1.29, 1.82) is 0 Å². The molecule has 0 radical (unpaired) electrons. The highest BCUT2D eigenvalue weighted by Gasteiger charge is 2.23. The van der Waals surface area contributed by atoms with E-state index < -0.39 is 0 Å². The molecular formula is C41H25N7S. The quantitative estimate of drug-likeness (QED) is 0.186. The number of rotatable bonds is 5. The third-order valence-corrected chi connectivity index (χ3v) is 10.1. The molecule has 49 heavy (non-hydrogen) atoms. The molecular weight excluding hydrogens is 623 g/mol. The van der Waals surface area contributed by atoms with E-state index in [1.807, 2.05) is 24.4 Å². The van der Waals surface area contributed by atoms with Crippen molar-refractivity contribution in [3.8, 4) is 44.0 Å². The van der Waals surface area contributed by atoms with E-state index in [1.165, 1.54) is 0 Å².